The fourth-order valence-electron chi connectivity index (χ4n) is 3.98. The lowest BCUT2D eigenvalue weighted by atomic mass is 9.78. The highest BCUT2D eigenvalue weighted by molar-refractivity contribution is 5.76. The summed E-state index contributed by atoms with van der Waals surface area (Å²) in [6.07, 6.45) is 6.84. The van der Waals surface area contributed by atoms with Crippen molar-refractivity contribution >= 4 is 5.97 Å². The Morgan fingerprint density at radius 3 is 2.46 bits per heavy atom. The van der Waals surface area contributed by atoms with Gasteiger partial charge in [0.25, 0.3) is 0 Å². The number of rotatable bonds is 6. The summed E-state index contributed by atoms with van der Waals surface area (Å²) < 4.78 is 5.63. The van der Waals surface area contributed by atoms with E-state index in [1.165, 1.54) is 11.1 Å². The molecule has 146 valence electrons. The Kier molecular flexibility index (Phi) is 6.87. The number of ether oxygens (including phenoxy) is 1. The molecular formula is C25H29NO2. The van der Waals surface area contributed by atoms with Gasteiger partial charge in [-0.3, -0.25) is 4.79 Å². The predicted molar refractivity (Wildman–Crippen MR) is 111 cm³/mol. The van der Waals surface area contributed by atoms with Crippen molar-refractivity contribution in [1.29, 1.82) is 5.26 Å². The lowest BCUT2D eigenvalue weighted by molar-refractivity contribution is -0.140. The van der Waals surface area contributed by atoms with Crippen LogP contribution in [0.5, 0.6) is 5.75 Å². The van der Waals surface area contributed by atoms with Gasteiger partial charge in [-0.15, -0.1) is 0 Å². The number of aryl methyl sites for hydroxylation is 2. The fraction of sp³-hybridized carbons (Fsp3) is 0.440. The molecule has 1 saturated carbocycles. The van der Waals surface area contributed by atoms with E-state index in [0.29, 0.717) is 17.2 Å². The van der Waals surface area contributed by atoms with Gasteiger partial charge in [0.2, 0.25) is 0 Å². The minimum atomic E-state index is -0.194. The van der Waals surface area contributed by atoms with Crippen LogP contribution in [-0.2, 0) is 11.2 Å². The third-order valence-corrected chi connectivity index (χ3v) is 5.80. The Morgan fingerprint density at radius 2 is 1.82 bits per heavy atom. The molecule has 0 atom stereocenters. The van der Waals surface area contributed by atoms with E-state index >= 15 is 0 Å². The second-order valence-electron chi connectivity index (χ2n) is 7.93. The maximum absolute atomic E-state index is 12.6. The molecular weight excluding hydrogens is 346 g/mol. The zero-order valence-electron chi connectivity index (χ0n) is 16.9. The van der Waals surface area contributed by atoms with Gasteiger partial charge in [0, 0.05) is 0 Å². The van der Waals surface area contributed by atoms with Gasteiger partial charge in [-0.05, 0) is 74.6 Å². The molecule has 2 aromatic carbocycles. The third-order valence-electron chi connectivity index (χ3n) is 5.80. The Morgan fingerprint density at radius 1 is 1.11 bits per heavy atom. The zero-order chi connectivity index (χ0) is 19.9. The summed E-state index contributed by atoms with van der Waals surface area (Å²) in [7, 11) is 0. The third kappa shape index (κ3) is 5.01. The van der Waals surface area contributed by atoms with Crippen LogP contribution >= 0.6 is 0 Å². The number of carbonyl (C=O) groups is 1. The normalized spacial score (nSPS) is 19.0. The number of carbonyl (C=O) groups excluding carboxylic acids is 1. The molecule has 28 heavy (non-hydrogen) atoms. The lowest BCUT2D eigenvalue weighted by Crippen LogP contribution is -2.25. The second kappa shape index (κ2) is 9.55. The standard InChI is InChI=1S/C25H29NO2/c1-3-4-5-19-8-15-24(23(16-19)17-26)28-25(27)22-13-11-21(12-14-22)20-9-6-18(2)7-10-20/h6-10,15-16,21-22H,3-5,11-14H2,1-2H3. The summed E-state index contributed by atoms with van der Waals surface area (Å²) in [6, 6.07) is 16.5. The molecule has 2 aromatic rings. The SMILES string of the molecule is CCCCc1ccc(OC(=O)C2CCC(c3ccc(C)cc3)CC2)c(C#N)c1. The summed E-state index contributed by atoms with van der Waals surface area (Å²) in [4.78, 5) is 12.6. The number of hydrogen-bond donors (Lipinski definition) is 0. The monoisotopic (exact) mass is 375 g/mol. The van der Waals surface area contributed by atoms with E-state index in [1.54, 1.807) is 6.07 Å². The molecule has 0 unspecified atom stereocenters. The number of nitrogens with zero attached hydrogens (tertiary/aromatic N) is 1. The van der Waals surface area contributed by atoms with Crippen molar-refractivity contribution in [2.75, 3.05) is 0 Å². The fourth-order valence-corrected chi connectivity index (χ4v) is 3.98. The van der Waals surface area contributed by atoms with E-state index in [1.807, 2.05) is 12.1 Å². The maximum Gasteiger partial charge on any atom is 0.314 e. The summed E-state index contributed by atoms with van der Waals surface area (Å²) in [5.74, 6) is 0.652. The van der Waals surface area contributed by atoms with Crippen LogP contribution in [0.3, 0.4) is 0 Å². The molecule has 0 N–H and O–H groups in total. The van der Waals surface area contributed by atoms with Crippen LogP contribution in [0, 0.1) is 24.2 Å². The first-order valence-corrected chi connectivity index (χ1v) is 10.4. The number of benzene rings is 2. The molecule has 3 nitrogen and oxygen atoms in total. The summed E-state index contributed by atoms with van der Waals surface area (Å²) in [5, 5.41) is 9.43. The van der Waals surface area contributed by atoms with Crippen molar-refractivity contribution in [3.63, 3.8) is 0 Å². The summed E-state index contributed by atoms with van der Waals surface area (Å²) >= 11 is 0. The van der Waals surface area contributed by atoms with Gasteiger partial charge in [-0.1, -0.05) is 49.2 Å². The van der Waals surface area contributed by atoms with Crippen LogP contribution in [0.15, 0.2) is 42.5 Å². The average Bonchev–Trinajstić information content (AvgIpc) is 2.73. The molecule has 0 amide bonds. The van der Waals surface area contributed by atoms with Gasteiger partial charge in [0.15, 0.2) is 0 Å². The first-order chi connectivity index (χ1) is 13.6. The molecule has 0 heterocycles. The first-order valence-electron chi connectivity index (χ1n) is 10.4. The Hall–Kier alpha value is -2.60. The smallest absolute Gasteiger partial charge is 0.314 e. The minimum Gasteiger partial charge on any atom is -0.425 e. The van der Waals surface area contributed by atoms with Crippen molar-refractivity contribution in [2.45, 2.75) is 64.7 Å². The minimum absolute atomic E-state index is 0.0759. The van der Waals surface area contributed by atoms with Crippen LogP contribution in [0.25, 0.3) is 0 Å². The molecule has 0 aromatic heterocycles. The van der Waals surface area contributed by atoms with Crippen molar-refractivity contribution < 1.29 is 9.53 Å². The maximum atomic E-state index is 12.6. The van der Waals surface area contributed by atoms with Gasteiger partial charge >= 0.3 is 5.97 Å². The number of esters is 1. The van der Waals surface area contributed by atoms with E-state index in [9.17, 15) is 10.1 Å². The first kappa shape index (κ1) is 20.1. The number of unbranched alkanes of at least 4 members (excludes halogenated alkanes) is 1. The molecule has 3 rings (SSSR count). The molecule has 1 aliphatic carbocycles. The van der Waals surface area contributed by atoms with Crippen molar-refractivity contribution in [1.82, 2.24) is 0 Å². The lowest BCUT2D eigenvalue weighted by Gasteiger charge is -2.27. The molecule has 0 aliphatic heterocycles. The summed E-state index contributed by atoms with van der Waals surface area (Å²) in [6.45, 7) is 4.25. The zero-order valence-corrected chi connectivity index (χ0v) is 16.9. The molecule has 1 fully saturated rings. The predicted octanol–water partition coefficient (Wildman–Crippen LogP) is 6.09. The molecule has 1 aliphatic rings. The largest absolute Gasteiger partial charge is 0.425 e. The van der Waals surface area contributed by atoms with Gasteiger partial charge in [0.1, 0.15) is 11.8 Å². The van der Waals surface area contributed by atoms with E-state index in [-0.39, 0.29) is 11.9 Å². The quantitative estimate of drug-likeness (QED) is 0.453. The van der Waals surface area contributed by atoms with Crippen molar-refractivity contribution in [2.24, 2.45) is 5.92 Å². The molecule has 0 bridgehead atoms. The molecule has 3 heteroatoms. The van der Waals surface area contributed by atoms with E-state index < -0.39 is 0 Å². The van der Waals surface area contributed by atoms with Gasteiger partial charge in [-0.25, -0.2) is 0 Å². The van der Waals surface area contributed by atoms with Crippen LogP contribution in [0.2, 0.25) is 0 Å². The second-order valence-corrected chi connectivity index (χ2v) is 7.93. The van der Waals surface area contributed by atoms with E-state index in [2.05, 4.69) is 44.2 Å². The Bertz CT molecular complexity index is 840. The molecule has 0 saturated heterocycles. The van der Waals surface area contributed by atoms with Gasteiger partial charge < -0.3 is 4.74 Å². The van der Waals surface area contributed by atoms with Crippen LogP contribution in [-0.4, -0.2) is 5.97 Å². The van der Waals surface area contributed by atoms with Crippen LogP contribution in [0.1, 0.15) is 73.6 Å². The van der Waals surface area contributed by atoms with Crippen LogP contribution in [0.4, 0.5) is 0 Å². The number of nitriles is 1. The highest BCUT2D eigenvalue weighted by Gasteiger charge is 2.28. The highest BCUT2D eigenvalue weighted by Crippen LogP contribution is 2.36. The van der Waals surface area contributed by atoms with E-state index in [0.717, 1.165) is 50.5 Å². The highest BCUT2D eigenvalue weighted by atomic mass is 16.5. The van der Waals surface area contributed by atoms with Gasteiger partial charge in [0.05, 0.1) is 11.5 Å². The Labute approximate surface area is 168 Å². The van der Waals surface area contributed by atoms with Crippen LogP contribution < -0.4 is 4.74 Å². The van der Waals surface area contributed by atoms with E-state index in [4.69, 9.17) is 4.74 Å². The van der Waals surface area contributed by atoms with Crippen molar-refractivity contribution in [3.8, 4) is 11.8 Å². The Balaban J connectivity index is 1.58. The molecule has 0 spiro atoms. The average molecular weight is 376 g/mol. The van der Waals surface area contributed by atoms with Crippen molar-refractivity contribution in [3.05, 3.63) is 64.7 Å². The molecule has 0 radical (unpaired) electrons. The summed E-state index contributed by atoms with van der Waals surface area (Å²) in [5.41, 5.74) is 4.22. The van der Waals surface area contributed by atoms with Gasteiger partial charge in [-0.2, -0.15) is 5.26 Å². The number of hydrogen-bond acceptors (Lipinski definition) is 3. The topological polar surface area (TPSA) is 50.1 Å².